The monoisotopic (exact) mass is 291 g/mol. The van der Waals surface area contributed by atoms with Crippen LogP contribution in [-0.2, 0) is 6.42 Å². The highest BCUT2D eigenvalue weighted by molar-refractivity contribution is 5.48. The number of hydrogen-bond acceptors (Lipinski definition) is 4. The molecule has 7 heteroatoms. The molecule has 0 radical (unpaired) electrons. The van der Waals surface area contributed by atoms with E-state index in [1.165, 1.54) is 0 Å². The fourth-order valence-electron chi connectivity index (χ4n) is 1.58. The molecule has 0 aromatic carbocycles. The minimum absolute atomic E-state index is 0.000576. The normalized spacial score (nSPS) is 11.5. The Kier molecular flexibility index (Phi) is 6.04. The van der Waals surface area contributed by atoms with Crippen molar-refractivity contribution in [2.24, 2.45) is 0 Å². The van der Waals surface area contributed by atoms with Gasteiger partial charge in [-0.2, -0.15) is 18.2 Å². The summed E-state index contributed by atoms with van der Waals surface area (Å²) in [5, 5.41) is 3.09. The fraction of sp³-hybridized carbons (Fsp3) is 0.692. The van der Waals surface area contributed by atoms with E-state index in [1.807, 2.05) is 13.8 Å². The molecule has 0 amide bonds. The van der Waals surface area contributed by atoms with Crippen LogP contribution < -0.4 is 10.1 Å². The van der Waals surface area contributed by atoms with Crippen LogP contribution >= 0.6 is 0 Å². The quantitative estimate of drug-likeness (QED) is 0.835. The van der Waals surface area contributed by atoms with E-state index in [0.717, 1.165) is 12.8 Å². The smallest absolute Gasteiger partial charge is 0.422 e. The molecule has 0 atom stereocenters. The van der Waals surface area contributed by atoms with E-state index in [0.29, 0.717) is 30.2 Å². The standard InChI is InChI=1S/C13H20F3N3O/c1-4-6-10-18-11(17-7-5-2)9(3)12(19-10)20-8-13(14,15)16/h4-8H2,1-3H3,(H,17,18,19). The lowest BCUT2D eigenvalue weighted by Gasteiger charge is -2.15. The number of halogens is 3. The van der Waals surface area contributed by atoms with Crippen molar-refractivity contribution in [3.05, 3.63) is 11.4 Å². The third-order valence-electron chi connectivity index (χ3n) is 2.54. The van der Waals surface area contributed by atoms with Gasteiger partial charge in [0.15, 0.2) is 6.61 Å². The molecule has 0 bridgehead atoms. The number of aromatic nitrogens is 2. The predicted octanol–water partition coefficient (Wildman–Crippen LogP) is 3.50. The van der Waals surface area contributed by atoms with Gasteiger partial charge in [-0.15, -0.1) is 0 Å². The zero-order valence-corrected chi connectivity index (χ0v) is 12.0. The number of rotatable bonds is 7. The molecule has 0 saturated heterocycles. The average molecular weight is 291 g/mol. The largest absolute Gasteiger partial charge is 0.468 e. The first-order chi connectivity index (χ1) is 9.37. The van der Waals surface area contributed by atoms with Crippen LogP contribution in [0.2, 0.25) is 0 Å². The fourth-order valence-corrected chi connectivity index (χ4v) is 1.58. The van der Waals surface area contributed by atoms with Gasteiger partial charge in [-0.05, 0) is 19.8 Å². The van der Waals surface area contributed by atoms with Gasteiger partial charge in [0.1, 0.15) is 11.6 Å². The summed E-state index contributed by atoms with van der Waals surface area (Å²) in [6.45, 7) is 4.96. The summed E-state index contributed by atoms with van der Waals surface area (Å²) >= 11 is 0. The predicted molar refractivity (Wildman–Crippen MR) is 71.1 cm³/mol. The maximum absolute atomic E-state index is 12.2. The second kappa shape index (κ2) is 7.31. The molecule has 0 fully saturated rings. The van der Waals surface area contributed by atoms with Crippen molar-refractivity contribution < 1.29 is 17.9 Å². The Morgan fingerprint density at radius 3 is 2.40 bits per heavy atom. The summed E-state index contributed by atoms with van der Waals surface area (Å²) in [7, 11) is 0. The molecule has 4 nitrogen and oxygen atoms in total. The first-order valence-electron chi connectivity index (χ1n) is 6.68. The SMILES string of the molecule is CCCNc1nc(CCC)nc(OCC(F)(F)F)c1C. The van der Waals surface area contributed by atoms with Gasteiger partial charge in [0.2, 0.25) is 5.88 Å². The van der Waals surface area contributed by atoms with Crippen LogP contribution in [0.3, 0.4) is 0 Å². The molecule has 0 saturated carbocycles. The second-order valence-electron chi connectivity index (χ2n) is 4.50. The highest BCUT2D eigenvalue weighted by Crippen LogP contribution is 2.25. The van der Waals surface area contributed by atoms with Gasteiger partial charge in [-0.1, -0.05) is 13.8 Å². The first-order valence-corrected chi connectivity index (χ1v) is 6.68. The van der Waals surface area contributed by atoms with E-state index in [1.54, 1.807) is 6.92 Å². The maximum Gasteiger partial charge on any atom is 0.422 e. The van der Waals surface area contributed by atoms with E-state index in [-0.39, 0.29) is 5.88 Å². The highest BCUT2D eigenvalue weighted by atomic mass is 19.4. The van der Waals surface area contributed by atoms with E-state index >= 15 is 0 Å². The minimum Gasteiger partial charge on any atom is -0.468 e. The van der Waals surface area contributed by atoms with Gasteiger partial charge in [0.05, 0.1) is 5.56 Å². The molecule has 0 aliphatic carbocycles. The first kappa shape index (κ1) is 16.5. The molecule has 0 aliphatic rings. The molecule has 1 aromatic rings. The summed E-state index contributed by atoms with van der Waals surface area (Å²) in [5.41, 5.74) is 0.502. The number of aryl methyl sites for hydroxylation is 1. The van der Waals surface area contributed by atoms with Crippen LogP contribution in [0.4, 0.5) is 19.0 Å². The van der Waals surface area contributed by atoms with Crippen LogP contribution in [0, 0.1) is 6.92 Å². The van der Waals surface area contributed by atoms with Gasteiger partial charge in [-0.25, -0.2) is 4.98 Å². The molecule has 1 aromatic heterocycles. The number of anilines is 1. The van der Waals surface area contributed by atoms with Crippen LogP contribution in [0.5, 0.6) is 5.88 Å². The summed E-state index contributed by atoms with van der Waals surface area (Å²) < 4.78 is 41.5. The lowest BCUT2D eigenvalue weighted by Crippen LogP contribution is -2.21. The number of ether oxygens (including phenoxy) is 1. The summed E-state index contributed by atoms with van der Waals surface area (Å²) in [5.74, 6) is 1.04. The molecule has 0 aliphatic heterocycles. The molecule has 114 valence electrons. The third kappa shape index (κ3) is 5.22. The Balaban J connectivity index is 2.97. The van der Waals surface area contributed by atoms with Crippen molar-refractivity contribution >= 4 is 5.82 Å². The van der Waals surface area contributed by atoms with Crippen LogP contribution in [0.15, 0.2) is 0 Å². The topological polar surface area (TPSA) is 47.0 Å². The summed E-state index contributed by atoms with van der Waals surface area (Å²) in [4.78, 5) is 8.38. The van der Waals surface area contributed by atoms with Crippen LogP contribution in [0.25, 0.3) is 0 Å². The average Bonchev–Trinajstić information content (AvgIpc) is 2.36. The lowest BCUT2D eigenvalue weighted by molar-refractivity contribution is -0.154. The van der Waals surface area contributed by atoms with Crippen molar-refractivity contribution in [3.63, 3.8) is 0 Å². The van der Waals surface area contributed by atoms with Gasteiger partial charge in [0, 0.05) is 13.0 Å². The zero-order valence-electron chi connectivity index (χ0n) is 12.0. The molecule has 1 rings (SSSR count). The number of hydrogen-bond donors (Lipinski definition) is 1. The molecular formula is C13H20F3N3O. The molecule has 1 heterocycles. The van der Waals surface area contributed by atoms with Crippen molar-refractivity contribution in [1.29, 1.82) is 0 Å². The van der Waals surface area contributed by atoms with Crippen molar-refractivity contribution in [1.82, 2.24) is 9.97 Å². The summed E-state index contributed by atoms with van der Waals surface area (Å²) in [6.07, 6.45) is -2.07. The highest BCUT2D eigenvalue weighted by Gasteiger charge is 2.29. The molecule has 20 heavy (non-hydrogen) atoms. The molecular weight excluding hydrogens is 271 g/mol. The second-order valence-corrected chi connectivity index (χ2v) is 4.50. The number of nitrogens with zero attached hydrogens (tertiary/aromatic N) is 2. The summed E-state index contributed by atoms with van der Waals surface area (Å²) in [6, 6.07) is 0. The number of nitrogens with one attached hydrogen (secondary N) is 1. The zero-order chi connectivity index (χ0) is 15.2. The van der Waals surface area contributed by atoms with Crippen molar-refractivity contribution in [2.45, 2.75) is 46.2 Å². The Labute approximate surface area is 116 Å². The lowest BCUT2D eigenvalue weighted by atomic mass is 10.2. The molecule has 0 unspecified atom stereocenters. The molecule has 0 spiro atoms. The maximum atomic E-state index is 12.2. The van der Waals surface area contributed by atoms with Crippen molar-refractivity contribution in [2.75, 3.05) is 18.5 Å². The Hall–Kier alpha value is -1.53. The Morgan fingerprint density at radius 1 is 1.15 bits per heavy atom. The number of alkyl halides is 3. The Bertz CT molecular complexity index is 436. The van der Waals surface area contributed by atoms with E-state index < -0.39 is 12.8 Å². The Morgan fingerprint density at radius 2 is 1.85 bits per heavy atom. The van der Waals surface area contributed by atoms with Crippen LogP contribution in [-0.4, -0.2) is 29.3 Å². The van der Waals surface area contributed by atoms with Gasteiger partial charge < -0.3 is 10.1 Å². The van der Waals surface area contributed by atoms with Gasteiger partial charge >= 0.3 is 6.18 Å². The van der Waals surface area contributed by atoms with Gasteiger partial charge in [0.25, 0.3) is 0 Å². The third-order valence-corrected chi connectivity index (χ3v) is 2.54. The van der Waals surface area contributed by atoms with E-state index in [4.69, 9.17) is 4.74 Å². The van der Waals surface area contributed by atoms with Crippen LogP contribution in [0.1, 0.15) is 38.1 Å². The molecule has 1 N–H and O–H groups in total. The van der Waals surface area contributed by atoms with E-state index in [9.17, 15) is 13.2 Å². The van der Waals surface area contributed by atoms with E-state index in [2.05, 4.69) is 15.3 Å². The van der Waals surface area contributed by atoms with Gasteiger partial charge in [-0.3, -0.25) is 0 Å². The van der Waals surface area contributed by atoms with Crippen molar-refractivity contribution in [3.8, 4) is 5.88 Å². The minimum atomic E-state index is -4.38.